The fourth-order valence-electron chi connectivity index (χ4n) is 2.75. The lowest BCUT2D eigenvalue weighted by molar-refractivity contribution is -0.152. The highest BCUT2D eigenvalue weighted by atomic mass is 32.2. The van der Waals surface area contributed by atoms with Crippen LogP contribution >= 0.6 is 0 Å². The smallest absolute Gasteiger partial charge is 0.326 e. The summed E-state index contributed by atoms with van der Waals surface area (Å²) in [5.74, 6) is -0.618. The fourth-order valence-corrected chi connectivity index (χ4v) is 4.71. The lowest BCUT2D eigenvalue weighted by atomic mass is 10.1. The van der Waals surface area contributed by atoms with Gasteiger partial charge in [0.1, 0.15) is 11.8 Å². The zero-order valence-corrected chi connectivity index (χ0v) is 14.2. The quantitative estimate of drug-likeness (QED) is 0.819. The first kappa shape index (κ1) is 17.7. The molecule has 0 spiro atoms. The van der Waals surface area contributed by atoms with Gasteiger partial charge in [0.25, 0.3) is 0 Å². The molecule has 1 heterocycles. The molecule has 1 fully saturated rings. The number of benzene rings is 1. The first-order chi connectivity index (χ1) is 10.8. The Morgan fingerprint density at radius 2 is 2.00 bits per heavy atom. The molecule has 1 aromatic carbocycles. The largest absolute Gasteiger partial charge is 0.508 e. The van der Waals surface area contributed by atoms with E-state index in [2.05, 4.69) is 0 Å². The molecule has 0 aromatic heterocycles. The molecule has 1 atom stereocenters. The van der Waals surface area contributed by atoms with Gasteiger partial charge in [0.05, 0.1) is 24.7 Å². The molecule has 0 saturated carbocycles. The maximum Gasteiger partial charge on any atom is 0.326 e. The third-order valence-electron chi connectivity index (χ3n) is 3.65. The Labute approximate surface area is 135 Å². The van der Waals surface area contributed by atoms with Gasteiger partial charge in [-0.1, -0.05) is 0 Å². The number of hydrogen-bond acceptors (Lipinski definition) is 6. The summed E-state index contributed by atoms with van der Waals surface area (Å²) < 4.78 is 37.4. The summed E-state index contributed by atoms with van der Waals surface area (Å²) in [6.45, 7) is 5.30. The molecule has 2 rings (SSSR count). The first-order valence-electron chi connectivity index (χ1n) is 7.35. The van der Waals surface area contributed by atoms with E-state index in [1.807, 2.05) is 0 Å². The van der Waals surface area contributed by atoms with E-state index >= 15 is 0 Å². The molecule has 23 heavy (non-hydrogen) atoms. The summed E-state index contributed by atoms with van der Waals surface area (Å²) >= 11 is 0. The average Bonchev–Trinajstić information content (AvgIpc) is 2.46. The number of morpholine rings is 1. The molecule has 1 aromatic rings. The molecule has 1 N–H and O–H groups in total. The summed E-state index contributed by atoms with van der Waals surface area (Å²) in [6.07, 6.45) is 0. The zero-order chi connectivity index (χ0) is 17.2. The number of phenolic OH excluding ortho intramolecular Hbond substituents is 1. The van der Waals surface area contributed by atoms with Crippen LogP contribution in [0.15, 0.2) is 17.0 Å². The molecule has 128 valence electrons. The maximum atomic E-state index is 13.0. The second-order valence-electron chi connectivity index (χ2n) is 5.37. The van der Waals surface area contributed by atoms with Gasteiger partial charge in [-0.15, -0.1) is 0 Å². The minimum absolute atomic E-state index is 0.00266. The first-order valence-corrected chi connectivity index (χ1v) is 8.79. The van der Waals surface area contributed by atoms with E-state index in [1.54, 1.807) is 20.8 Å². The van der Waals surface area contributed by atoms with Crippen LogP contribution in [-0.4, -0.2) is 56.2 Å². The number of ether oxygens (including phenoxy) is 2. The minimum Gasteiger partial charge on any atom is -0.508 e. The standard InChI is InChI=1S/C15H21NO6S/c1-4-22-15(18)13-9-21-6-5-16(13)23(19,20)14-10(2)7-12(17)8-11(14)3/h7-8,13,17H,4-6,9H2,1-3H3. The van der Waals surface area contributed by atoms with Crippen molar-refractivity contribution in [3.63, 3.8) is 0 Å². The molecule has 1 unspecified atom stereocenters. The van der Waals surface area contributed by atoms with E-state index in [-0.39, 0.29) is 37.0 Å². The number of sulfonamides is 1. The summed E-state index contributed by atoms with van der Waals surface area (Å²) in [4.78, 5) is 12.2. The molecule has 0 bridgehead atoms. The second kappa shape index (κ2) is 6.86. The van der Waals surface area contributed by atoms with E-state index < -0.39 is 22.0 Å². The Hall–Kier alpha value is -1.64. The average molecular weight is 343 g/mol. The lowest BCUT2D eigenvalue weighted by Crippen LogP contribution is -2.53. The van der Waals surface area contributed by atoms with Crippen LogP contribution in [0.1, 0.15) is 18.1 Å². The summed E-state index contributed by atoms with van der Waals surface area (Å²) in [5, 5.41) is 9.60. The summed E-state index contributed by atoms with van der Waals surface area (Å²) in [7, 11) is -3.91. The van der Waals surface area contributed by atoms with Gasteiger partial charge in [0, 0.05) is 6.54 Å². The van der Waals surface area contributed by atoms with E-state index in [4.69, 9.17) is 9.47 Å². The maximum absolute atomic E-state index is 13.0. The van der Waals surface area contributed by atoms with Crippen molar-refractivity contribution in [1.29, 1.82) is 0 Å². The van der Waals surface area contributed by atoms with Crippen molar-refractivity contribution < 1.29 is 27.8 Å². The molecule has 1 saturated heterocycles. The van der Waals surface area contributed by atoms with Gasteiger partial charge >= 0.3 is 5.97 Å². The number of nitrogens with zero attached hydrogens (tertiary/aromatic N) is 1. The van der Waals surface area contributed by atoms with Crippen LogP contribution in [0, 0.1) is 13.8 Å². The lowest BCUT2D eigenvalue weighted by Gasteiger charge is -2.33. The van der Waals surface area contributed by atoms with Crippen LogP contribution in [0.25, 0.3) is 0 Å². The molecule has 0 amide bonds. The van der Waals surface area contributed by atoms with Gasteiger partial charge in [-0.2, -0.15) is 4.31 Å². The molecule has 1 aliphatic heterocycles. The molecule has 1 aliphatic rings. The van der Waals surface area contributed by atoms with Crippen molar-refractivity contribution in [2.24, 2.45) is 0 Å². The summed E-state index contributed by atoms with van der Waals surface area (Å²) in [5.41, 5.74) is 0.855. The normalized spacial score (nSPS) is 19.5. The van der Waals surface area contributed by atoms with Crippen molar-refractivity contribution in [3.8, 4) is 5.75 Å². The number of phenols is 1. The molecule has 7 nitrogen and oxygen atoms in total. The number of carbonyl (C=O) groups is 1. The minimum atomic E-state index is -3.91. The number of rotatable bonds is 4. The highest BCUT2D eigenvalue weighted by Gasteiger charge is 2.40. The predicted octanol–water partition coefficient (Wildman–Crippen LogP) is 0.962. The van der Waals surface area contributed by atoms with Crippen molar-refractivity contribution in [2.75, 3.05) is 26.4 Å². The van der Waals surface area contributed by atoms with Gasteiger partial charge < -0.3 is 14.6 Å². The van der Waals surface area contributed by atoms with Crippen molar-refractivity contribution in [3.05, 3.63) is 23.3 Å². The van der Waals surface area contributed by atoms with Crippen molar-refractivity contribution in [2.45, 2.75) is 31.7 Å². The monoisotopic (exact) mass is 343 g/mol. The van der Waals surface area contributed by atoms with Gasteiger partial charge in [-0.25, -0.2) is 8.42 Å². The molecule has 0 radical (unpaired) electrons. The Balaban J connectivity index is 2.46. The second-order valence-corrected chi connectivity index (χ2v) is 7.19. The Morgan fingerprint density at radius 3 is 2.57 bits per heavy atom. The number of carbonyl (C=O) groups excluding carboxylic acids is 1. The van der Waals surface area contributed by atoms with Crippen LogP contribution < -0.4 is 0 Å². The van der Waals surface area contributed by atoms with Crippen LogP contribution in [-0.2, 0) is 24.3 Å². The zero-order valence-electron chi connectivity index (χ0n) is 13.4. The molecule has 0 aliphatic carbocycles. The SMILES string of the molecule is CCOC(=O)C1COCCN1S(=O)(=O)c1c(C)cc(O)cc1C. The van der Waals surface area contributed by atoms with E-state index in [9.17, 15) is 18.3 Å². The van der Waals surface area contributed by atoms with Crippen LogP contribution in [0.4, 0.5) is 0 Å². The number of esters is 1. The van der Waals surface area contributed by atoms with E-state index in [0.717, 1.165) is 4.31 Å². The highest BCUT2D eigenvalue weighted by molar-refractivity contribution is 7.89. The Morgan fingerprint density at radius 1 is 1.39 bits per heavy atom. The topological polar surface area (TPSA) is 93.1 Å². The van der Waals surface area contributed by atoms with E-state index in [0.29, 0.717) is 11.1 Å². The van der Waals surface area contributed by atoms with E-state index in [1.165, 1.54) is 12.1 Å². The highest BCUT2D eigenvalue weighted by Crippen LogP contribution is 2.29. The number of aryl methyl sites for hydroxylation is 2. The predicted molar refractivity (Wildman–Crippen MR) is 82.7 cm³/mol. The van der Waals surface area contributed by atoms with Gasteiger partial charge in [-0.3, -0.25) is 4.79 Å². The van der Waals surface area contributed by atoms with Crippen molar-refractivity contribution in [1.82, 2.24) is 4.31 Å². The van der Waals surface area contributed by atoms with Crippen LogP contribution in [0.5, 0.6) is 5.75 Å². The Bertz CT molecular complexity index is 677. The third kappa shape index (κ3) is 3.49. The number of aromatic hydroxyl groups is 1. The van der Waals surface area contributed by atoms with Crippen molar-refractivity contribution >= 4 is 16.0 Å². The molecule has 8 heteroatoms. The Kier molecular flexibility index (Phi) is 5.28. The number of hydrogen-bond donors (Lipinski definition) is 1. The van der Waals surface area contributed by atoms with Gasteiger partial charge in [0.2, 0.25) is 10.0 Å². The molecular weight excluding hydrogens is 322 g/mol. The fraction of sp³-hybridized carbons (Fsp3) is 0.533. The third-order valence-corrected chi connectivity index (χ3v) is 5.86. The van der Waals surface area contributed by atoms with Gasteiger partial charge in [-0.05, 0) is 44.0 Å². The van der Waals surface area contributed by atoms with Gasteiger partial charge in [0.15, 0.2) is 0 Å². The van der Waals surface area contributed by atoms with Crippen LogP contribution in [0.3, 0.4) is 0 Å². The summed E-state index contributed by atoms with van der Waals surface area (Å²) in [6, 6.07) is 1.78. The van der Waals surface area contributed by atoms with Crippen LogP contribution in [0.2, 0.25) is 0 Å². The molecular formula is C15H21NO6S.